The van der Waals surface area contributed by atoms with Crippen LogP contribution in [0.4, 0.5) is 0 Å². The molecule has 1 atom stereocenters. The Balaban J connectivity index is 1.90. The summed E-state index contributed by atoms with van der Waals surface area (Å²) in [6.07, 6.45) is 0.948. The molecule has 0 aliphatic carbocycles. The zero-order chi connectivity index (χ0) is 14.8. The number of benzene rings is 2. The Morgan fingerprint density at radius 2 is 1.95 bits per heavy atom. The van der Waals surface area contributed by atoms with E-state index < -0.39 is 5.92 Å². The molecule has 1 heterocycles. The van der Waals surface area contributed by atoms with Crippen LogP contribution < -0.4 is 9.47 Å². The molecule has 0 amide bonds. The Morgan fingerprint density at radius 3 is 2.67 bits per heavy atom. The van der Waals surface area contributed by atoms with E-state index in [0.717, 1.165) is 17.7 Å². The molecule has 1 unspecified atom stereocenters. The lowest BCUT2D eigenvalue weighted by Crippen LogP contribution is -2.11. The van der Waals surface area contributed by atoms with Gasteiger partial charge in [0.05, 0.1) is 6.61 Å². The zero-order valence-corrected chi connectivity index (χ0v) is 11.7. The Kier molecular flexibility index (Phi) is 3.52. The van der Waals surface area contributed by atoms with Crippen molar-refractivity contribution in [3.05, 3.63) is 53.6 Å². The second-order valence-electron chi connectivity index (χ2n) is 4.99. The maximum absolute atomic E-state index is 12.1. The molecule has 108 valence electrons. The summed E-state index contributed by atoms with van der Waals surface area (Å²) in [5.74, 6) is 0.599. The topological polar surface area (TPSA) is 55.8 Å². The molecule has 0 saturated heterocycles. The van der Waals surface area contributed by atoms with Gasteiger partial charge >= 0.3 is 5.97 Å². The molecular weight excluding hydrogens is 268 g/mol. The average Bonchev–Trinajstić information content (AvgIpc) is 2.81. The second-order valence-corrected chi connectivity index (χ2v) is 4.99. The summed E-state index contributed by atoms with van der Waals surface area (Å²) in [6, 6.07) is 12.1. The predicted molar refractivity (Wildman–Crippen MR) is 77.8 cm³/mol. The third kappa shape index (κ3) is 2.57. The molecule has 1 N–H and O–H groups in total. The number of aromatic hydroxyl groups is 1. The van der Waals surface area contributed by atoms with Crippen LogP contribution in [0, 0.1) is 0 Å². The number of phenolic OH excluding ortho intramolecular Hbond substituents is 1. The van der Waals surface area contributed by atoms with Crippen molar-refractivity contribution in [1.82, 2.24) is 0 Å². The molecule has 0 fully saturated rings. The summed E-state index contributed by atoms with van der Waals surface area (Å²) in [5, 5.41) is 9.60. The van der Waals surface area contributed by atoms with Gasteiger partial charge in [-0.05, 0) is 42.3 Å². The number of carbonyl (C=O) groups excluding carboxylic acids is 1. The van der Waals surface area contributed by atoms with E-state index in [4.69, 9.17) is 9.47 Å². The van der Waals surface area contributed by atoms with Crippen LogP contribution in [0.25, 0.3) is 0 Å². The van der Waals surface area contributed by atoms with Crippen molar-refractivity contribution in [3.63, 3.8) is 0 Å². The van der Waals surface area contributed by atoms with E-state index in [2.05, 4.69) is 0 Å². The van der Waals surface area contributed by atoms with E-state index in [1.54, 1.807) is 12.1 Å². The molecule has 2 aromatic carbocycles. The Bertz CT molecular complexity index is 661. The number of carbonyl (C=O) groups is 1. The third-order valence-electron chi connectivity index (χ3n) is 3.44. The van der Waals surface area contributed by atoms with Gasteiger partial charge in [-0.3, -0.25) is 4.79 Å². The smallest absolute Gasteiger partial charge is 0.323 e. The third-order valence-corrected chi connectivity index (χ3v) is 3.44. The summed E-state index contributed by atoms with van der Waals surface area (Å²) in [4.78, 5) is 12.1. The number of hydrogen-bond acceptors (Lipinski definition) is 4. The molecule has 0 radical (unpaired) electrons. The maximum Gasteiger partial charge on any atom is 0.323 e. The maximum atomic E-state index is 12.1. The average molecular weight is 284 g/mol. The fraction of sp³-hybridized carbons (Fsp3) is 0.235. The number of phenols is 1. The quantitative estimate of drug-likeness (QED) is 0.691. The first-order valence-corrected chi connectivity index (χ1v) is 6.96. The molecule has 1 aliphatic heterocycles. The van der Waals surface area contributed by atoms with Crippen LogP contribution in [0.5, 0.6) is 17.2 Å². The summed E-state index contributed by atoms with van der Waals surface area (Å²) < 4.78 is 10.8. The van der Waals surface area contributed by atoms with Crippen LogP contribution in [-0.2, 0) is 4.79 Å². The largest absolute Gasteiger partial charge is 0.508 e. The highest BCUT2D eigenvalue weighted by molar-refractivity contribution is 5.89. The standard InChI is InChI=1S/C17H16O4/c1-2-9-20-13-6-3-11(4-7-13)16-14-10-12(18)5-8-15(14)21-17(16)19/h3-8,10,16,18H,2,9H2,1H3. The van der Waals surface area contributed by atoms with E-state index >= 15 is 0 Å². The Labute approximate surface area is 122 Å². The fourth-order valence-electron chi connectivity index (χ4n) is 2.44. The summed E-state index contributed by atoms with van der Waals surface area (Å²) in [7, 11) is 0. The fourth-order valence-corrected chi connectivity index (χ4v) is 2.44. The van der Waals surface area contributed by atoms with Gasteiger partial charge in [-0.2, -0.15) is 0 Å². The van der Waals surface area contributed by atoms with E-state index in [9.17, 15) is 9.90 Å². The number of rotatable bonds is 4. The summed E-state index contributed by atoms with van der Waals surface area (Å²) in [5.41, 5.74) is 1.52. The van der Waals surface area contributed by atoms with E-state index in [1.165, 1.54) is 6.07 Å². The van der Waals surface area contributed by atoms with Gasteiger partial charge in [0.25, 0.3) is 0 Å². The molecule has 3 rings (SSSR count). The molecule has 4 heteroatoms. The molecule has 0 spiro atoms. The predicted octanol–water partition coefficient (Wildman–Crippen LogP) is 3.23. The van der Waals surface area contributed by atoms with Gasteiger partial charge in [0, 0.05) is 5.56 Å². The van der Waals surface area contributed by atoms with Crippen LogP contribution >= 0.6 is 0 Å². The first-order valence-electron chi connectivity index (χ1n) is 6.96. The van der Waals surface area contributed by atoms with Crippen LogP contribution in [0.15, 0.2) is 42.5 Å². The van der Waals surface area contributed by atoms with Gasteiger partial charge in [0.2, 0.25) is 0 Å². The van der Waals surface area contributed by atoms with Crippen LogP contribution in [0.3, 0.4) is 0 Å². The number of esters is 1. The first-order chi connectivity index (χ1) is 10.2. The van der Waals surface area contributed by atoms with Crippen molar-refractivity contribution in [2.75, 3.05) is 6.61 Å². The lowest BCUT2D eigenvalue weighted by molar-refractivity contribution is -0.133. The van der Waals surface area contributed by atoms with Gasteiger partial charge in [-0.15, -0.1) is 0 Å². The van der Waals surface area contributed by atoms with Crippen molar-refractivity contribution in [2.24, 2.45) is 0 Å². The highest BCUT2D eigenvalue weighted by Gasteiger charge is 2.34. The molecular formula is C17H16O4. The minimum absolute atomic E-state index is 0.125. The van der Waals surface area contributed by atoms with Crippen molar-refractivity contribution < 1.29 is 19.4 Å². The Morgan fingerprint density at radius 1 is 1.19 bits per heavy atom. The molecule has 4 nitrogen and oxygen atoms in total. The lowest BCUT2D eigenvalue weighted by atomic mass is 9.92. The lowest BCUT2D eigenvalue weighted by Gasteiger charge is -2.10. The van der Waals surface area contributed by atoms with Crippen molar-refractivity contribution >= 4 is 5.97 Å². The van der Waals surface area contributed by atoms with E-state index in [1.807, 2.05) is 31.2 Å². The molecule has 1 aliphatic rings. The zero-order valence-electron chi connectivity index (χ0n) is 11.7. The molecule has 21 heavy (non-hydrogen) atoms. The number of hydrogen-bond donors (Lipinski definition) is 1. The molecule has 2 aromatic rings. The highest BCUT2D eigenvalue weighted by Crippen LogP contribution is 2.41. The first kappa shape index (κ1) is 13.5. The Hall–Kier alpha value is -2.49. The van der Waals surface area contributed by atoms with Crippen molar-refractivity contribution in [2.45, 2.75) is 19.3 Å². The van der Waals surface area contributed by atoms with Gasteiger partial charge in [-0.25, -0.2) is 0 Å². The van der Waals surface area contributed by atoms with Gasteiger partial charge in [0.1, 0.15) is 23.2 Å². The van der Waals surface area contributed by atoms with Crippen LogP contribution in [0.1, 0.15) is 30.4 Å². The van der Waals surface area contributed by atoms with Crippen molar-refractivity contribution in [1.29, 1.82) is 0 Å². The van der Waals surface area contributed by atoms with E-state index in [0.29, 0.717) is 17.9 Å². The number of fused-ring (bicyclic) bond motifs is 1. The molecule has 0 bridgehead atoms. The molecule has 0 saturated carbocycles. The van der Waals surface area contributed by atoms with Gasteiger partial charge in [-0.1, -0.05) is 19.1 Å². The summed E-state index contributed by atoms with van der Waals surface area (Å²) >= 11 is 0. The second kappa shape index (κ2) is 5.48. The summed E-state index contributed by atoms with van der Waals surface area (Å²) in [6.45, 7) is 2.72. The normalized spacial score (nSPS) is 16.4. The minimum Gasteiger partial charge on any atom is -0.508 e. The van der Waals surface area contributed by atoms with Gasteiger partial charge in [0.15, 0.2) is 0 Å². The SMILES string of the molecule is CCCOc1ccc(C2C(=O)Oc3ccc(O)cc32)cc1. The van der Waals surface area contributed by atoms with Crippen LogP contribution in [0.2, 0.25) is 0 Å². The van der Waals surface area contributed by atoms with Gasteiger partial charge < -0.3 is 14.6 Å². The number of ether oxygens (including phenoxy) is 2. The molecule has 0 aromatic heterocycles. The monoisotopic (exact) mass is 284 g/mol. The van der Waals surface area contributed by atoms with E-state index in [-0.39, 0.29) is 11.7 Å². The highest BCUT2D eigenvalue weighted by atomic mass is 16.5. The van der Waals surface area contributed by atoms with Crippen LogP contribution in [-0.4, -0.2) is 17.7 Å². The minimum atomic E-state index is -0.493. The van der Waals surface area contributed by atoms with Crippen molar-refractivity contribution in [3.8, 4) is 17.2 Å².